The zero-order valence-electron chi connectivity index (χ0n) is 14.5. The molecule has 0 atom stereocenters. The van der Waals surface area contributed by atoms with Crippen LogP contribution in [0.5, 0.6) is 0 Å². The van der Waals surface area contributed by atoms with Crippen LogP contribution in [0.2, 0.25) is 0 Å². The summed E-state index contributed by atoms with van der Waals surface area (Å²) >= 11 is 3.17. The molecule has 138 valence electrons. The maximum Gasteiger partial charge on any atom is 0.303 e. The van der Waals surface area contributed by atoms with Crippen LogP contribution in [0.25, 0.3) is 11.1 Å². The van der Waals surface area contributed by atoms with Crippen LogP contribution in [0, 0.1) is 5.82 Å². The molecule has 1 fully saturated rings. The van der Waals surface area contributed by atoms with Crippen LogP contribution >= 0.6 is 23.5 Å². The van der Waals surface area contributed by atoms with E-state index in [1.54, 1.807) is 18.3 Å². The smallest absolute Gasteiger partial charge is 0.303 e. The van der Waals surface area contributed by atoms with E-state index < -0.39 is 5.97 Å². The standard InChI is InChI=1S/C20H22FNO2S2/c21-17-13-14(9-10-18(17)25-12-4-8-19(23)24)16-7-3-11-22-20(16)26-15-5-1-2-6-15/h3,7,9-11,13,15H,1-2,4-6,8,12H2,(H,23,24). The third-order valence-corrected chi connectivity index (χ3v) is 6.88. The monoisotopic (exact) mass is 391 g/mol. The van der Waals surface area contributed by atoms with Crippen LogP contribution in [0.1, 0.15) is 38.5 Å². The molecular formula is C20H22FNO2S2. The Labute approximate surface area is 161 Å². The van der Waals surface area contributed by atoms with Gasteiger partial charge in [0.25, 0.3) is 0 Å². The van der Waals surface area contributed by atoms with E-state index in [0.29, 0.717) is 22.3 Å². The van der Waals surface area contributed by atoms with E-state index in [9.17, 15) is 9.18 Å². The molecule has 0 amide bonds. The van der Waals surface area contributed by atoms with Gasteiger partial charge in [-0.25, -0.2) is 9.37 Å². The number of halogens is 1. The summed E-state index contributed by atoms with van der Waals surface area (Å²) in [4.78, 5) is 15.6. The van der Waals surface area contributed by atoms with E-state index in [0.717, 1.165) is 16.2 Å². The molecule has 1 aromatic carbocycles. The van der Waals surface area contributed by atoms with Crippen LogP contribution in [-0.2, 0) is 4.79 Å². The molecule has 6 heteroatoms. The first-order chi connectivity index (χ1) is 12.6. The van der Waals surface area contributed by atoms with Crippen molar-refractivity contribution >= 4 is 29.5 Å². The summed E-state index contributed by atoms with van der Waals surface area (Å²) in [7, 11) is 0. The first-order valence-corrected chi connectivity index (χ1v) is 10.8. The quantitative estimate of drug-likeness (QED) is 0.450. The molecule has 1 aromatic heterocycles. The molecule has 1 saturated carbocycles. The van der Waals surface area contributed by atoms with Crippen LogP contribution in [0.3, 0.4) is 0 Å². The maximum atomic E-state index is 14.5. The molecule has 0 spiro atoms. The molecule has 1 aliphatic carbocycles. The number of carboxylic acid groups (broad SMARTS) is 1. The molecule has 0 aliphatic heterocycles. The maximum absolute atomic E-state index is 14.5. The van der Waals surface area contributed by atoms with Crippen LogP contribution in [-0.4, -0.2) is 27.1 Å². The Bertz CT molecular complexity index is 763. The molecular weight excluding hydrogens is 369 g/mol. The number of carboxylic acids is 1. The minimum atomic E-state index is -0.815. The number of hydrogen-bond donors (Lipinski definition) is 1. The summed E-state index contributed by atoms with van der Waals surface area (Å²) in [5.41, 5.74) is 1.82. The second kappa shape index (κ2) is 9.42. The molecule has 0 saturated heterocycles. The van der Waals surface area contributed by atoms with Crippen molar-refractivity contribution in [3.8, 4) is 11.1 Å². The van der Waals surface area contributed by atoms with Crippen LogP contribution in [0.4, 0.5) is 4.39 Å². The molecule has 2 aromatic rings. The fourth-order valence-electron chi connectivity index (χ4n) is 3.06. The number of thioether (sulfide) groups is 2. The van der Waals surface area contributed by atoms with Gasteiger partial charge in [0.2, 0.25) is 0 Å². The van der Waals surface area contributed by atoms with Gasteiger partial charge >= 0.3 is 5.97 Å². The molecule has 26 heavy (non-hydrogen) atoms. The van der Waals surface area contributed by atoms with Gasteiger partial charge in [-0.3, -0.25) is 4.79 Å². The zero-order chi connectivity index (χ0) is 18.4. The molecule has 1 heterocycles. The number of carbonyl (C=O) groups is 1. The van der Waals surface area contributed by atoms with Gasteiger partial charge in [0.1, 0.15) is 10.8 Å². The van der Waals surface area contributed by atoms with Crippen molar-refractivity contribution in [2.24, 2.45) is 0 Å². The molecule has 1 N–H and O–H groups in total. The van der Waals surface area contributed by atoms with Crippen LogP contribution < -0.4 is 0 Å². The number of aliphatic carboxylic acids is 1. The lowest BCUT2D eigenvalue weighted by Gasteiger charge is -2.13. The Kier molecular flexibility index (Phi) is 6.97. The second-order valence-corrected chi connectivity index (χ2v) is 8.80. The van der Waals surface area contributed by atoms with Gasteiger partial charge in [-0.2, -0.15) is 0 Å². The number of pyridine rings is 1. The Morgan fingerprint density at radius 1 is 1.27 bits per heavy atom. The summed E-state index contributed by atoms with van der Waals surface area (Å²) in [5, 5.41) is 10.2. The highest BCUT2D eigenvalue weighted by Crippen LogP contribution is 2.39. The van der Waals surface area contributed by atoms with Gasteiger partial charge in [-0.1, -0.05) is 25.0 Å². The summed E-state index contributed by atoms with van der Waals surface area (Å²) in [5.74, 6) is -0.480. The average Bonchev–Trinajstić information content (AvgIpc) is 3.13. The highest BCUT2D eigenvalue weighted by molar-refractivity contribution is 8.00. The predicted molar refractivity (Wildman–Crippen MR) is 105 cm³/mol. The van der Waals surface area contributed by atoms with Crippen molar-refractivity contribution in [2.45, 2.75) is 53.7 Å². The van der Waals surface area contributed by atoms with Crippen LogP contribution in [0.15, 0.2) is 46.5 Å². The lowest BCUT2D eigenvalue weighted by atomic mass is 10.1. The van der Waals surface area contributed by atoms with Gasteiger partial charge in [0.15, 0.2) is 0 Å². The normalized spacial score (nSPS) is 14.7. The SMILES string of the molecule is O=C(O)CCCSc1ccc(-c2cccnc2SC2CCCC2)cc1F. The van der Waals surface area contributed by atoms with Gasteiger partial charge in [-0.05, 0) is 48.8 Å². The molecule has 1 aliphatic rings. The first-order valence-electron chi connectivity index (χ1n) is 8.89. The Morgan fingerprint density at radius 3 is 2.81 bits per heavy atom. The van der Waals surface area contributed by atoms with E-state index in [-0.39, 0.29) is 12.2 Å². The lowest BCUT2D eigenvalue weighted by molar-refractivity contribution is -0.137. The van der Waals surface area contributed by atoms with Gasteiger partial charge in [-0.15, -0.1) is 23.5 Å². The molecule has 3 nitrogen and oxygen atoms in total. The predicted octanol–water partition coefficient (Wildman–Crippen LogP) is 5.88. The fourth-order valence-corrected chi connectivity index (χ4v) is 5.25. The van der Waals surface area contributed by atoms with E-state index in [2.05, 4.69) is 4.98 Å². The molecule has 0 radical (unpaired) electrons. The third kappa shape index (κ3) is 5.24. The van der Waals surface area contributed by atoms with Crippen molar-refractivity contribution in [1.82, 2.24) is 4.98 Å². The Balaban J connectivity index is 1.71. The number of rotatable bonds is 8. The summed E-state index contributed by atoms with van der Waals surface area (Å²) < 4.78 is 14.5. The van der Waals surface area contributed by atoms with Crippen molar-refractivity contribution in [3.63, 3.8) is 0 Å². The van der Waals surface area contributed by atoms with Crippen molar-refractivity contribution in [1.29, 1.82) is 0 Å². The van der Waals surface area contributed by atoms with E-state index in [1.165, 1.54) is 37.4 Å². The summed E-state index contributed by atoms with van der Waals surface area (Å²) in [6, 6.07) is 9.17. The molecule has 0 unspecified atom stereocenters. The summed E-state index contributed by atoms with van der Waals surface area (Å²) in [6.07, 6.45) is 7.45. The van der Waals surface area contributed by atoms with Gasteiger partial charge in [0, 0.05) is 28.3 Å². The third-order valence-electron chi connectivity index (χ3n) is 4.39. The topological polar surface area (TPSA) is 50.2 Å². The van der Waals surface area contributed by atoms with Gasteiger partial charge in [0.05, 0.1) is 0 Å². The number of hydrogen-bond acceptors (Lipinski definition) is 4. The number of benzene rings is 1. The Morgan fingerprint density at radius 2 is 2.08 bits per heavy atom. The van der Waals surface area contributed by atoms with E-state index in [4.69, 9.17) is 5.11 Å². The first kappa shape index (κ1) is 19.2. The highest BCUT2D eigenvalue weighted by atomic mass is 32.2. The summed E-state index contributed by atoms with van der Waals surface area (Å²) in [6.45, 7) is 0. The van der Waals surface area contributed by atoms with Crippen molar-refractivity contribution in [3.05, 3.63) is 42.3 Å². The molecule has 0 bridgehead atoms. The van der Waals surface area contributed by atoms with E-state index >= 15 is 0 Å². The van der Waals surface area contributed by atoms with Crippen molar-refractivity contribution < 1.29 is 14.3 Å². The number of nitrogens with zero attached hydrogens (tertiary/aromatic N) is 1. The number of aromatic nitrogens is 1. The Hall–Kier alpha value is -1.53. The van der Waals surface area contributed by atoms with Crippen molar-refractivity contribution in [2.75, 3.05) is 5.75 Å². The second-order valence-electron chi connectivity index (χ2n) is 6.37. The minimum absolute atomic E-state index is 0.115. The highest BCUT2D eigenvalue weighted by Gasteiger charge is 2.19. The van der Waals surface area contributed by atoms with E-state index in [1.807, 2.05) is 30.0 Å². The zero-order valence-corrected chi connectivity index (χ0v) is 16.1. The fraction of sp³-hybridized carbons (Fsp3) is 0.400. The molecule has 3 rings (SSSR count). The largest absolute Gasteiger partial charge is 0.481 e. The van der Waals surface area contributed by atoms with Gasteiger partial charge < -0.3 is 5.11 Å². The minimum Gasteiger partial charge on any atom is -0.481 e. The lowest BCUT2D eigenvalue weighted by Crippen LogP contribution is -1.97. The average molecular weight is 392 g/mol.